The quantitative estimate of drug-likeness (QED) is 0.776. The molecule has 1 nitrogen and oxygen atoms in total. The van der Waals surface area contributed by atoms with Gasteiger partial charge in [0.15, 0.2) is 0 Å². The first-order valence-electron chi connectivity index (χ1n) is 4.09. The molecule has 0 aliphatic carbocycles. The van der Waals surface area contributed by atoms with E-state index in [9.17, 15) is 9.18 Å². The Kier molecular flexibility index (Phi) is 4.75. The standard InChI is InChI=1S/C10H9Br2FO/c11-5-8(14)4-7-2-1-3-10(12)9(7)6-13/h1-3H,4-6H2. The van der Waals surface area contributed by atoms with E-state index in [1.165, 1.54) is 0 Å². The van der Waals surface area contributed by atoms with Crippen LogP contribution in [-0.4, -0.2) is 11.1 Å². The van der Waals surface area contributed by atoms with E-state index in [-0.39, 0.29) is 12.2 Å². The zero-order chi connectivity index (χ0) is 10.6. The summed E-state index contributed by atoms with van der Waals surface area (Å²) in [5.74, 6) is 0.0535. The third-order valence-electron chi connectivity index (χ3n) is 1.89. The summed E-state index contributed by atoms with van der Waals surface area (Å²) in [6.45, 7) is -0.549. The third-order valence-corrected chi connectivity index (χ3v) is 3.25. The summed E-state index contributed by atoms with van der Waals surface area (Å²) in [6, 6.07) is 5.36. The Morgan fingerprint density at radius 1 is 1.43 bits per heavy atom. The Labute approximate surface area is 99.0 Å². The summed E-state index contributed by atoms with van der Waals surface area (Å²) in [5, 5.41) is 0.311. The summed E-state index contributed by atoms with van der Waals surface area (Å²) in [5.41, 5.74) is 1.33. The van der Waals surface area contributed by atoms with Gasteiger partial charge >= 0.3 is 0 Å². The Hall–Kier alpha value is -0.220. The van der Waals surface area contributed by atoms with Crippen molar-refractivity contribution < 1.29 is 9.18 Å². The molecule has 76 valence electrons. The average molecular weight is 324 g/mol. The molecule has 0 saturated heterocycles. The Bertz CT molecular complexity index is 339. The highest BCUT2D eigenvalue weighted by molar-refractivity contribution is 9.10. The monoisotopic (exact) mass is 322 g/mol. The van der Waals surface area contributed by atoms with Crippen molar-refractivity contribution in [2.45, 2.75) is 13.1 Å². The minimum absolute atomic E-state index is 0.0535. The molecule has 1 aromatic carbocycles. The van der Waals surface area contributed by atoms with E-state index in [4.69, 9.17) is 0 Å². The lowest BCUT2D eigenvalue weighted by molar-refractivity contribution is -0.115. The van der Waals surface area contributed by atoms with Gasteiger partial charge in [0.1, 0.15) is 12.5 Å². The van der Waals surface area contributed by atoms with E-state index < -0.39 is 6.67 Å². The van der Waals surface area contributed by atoms with Gasteiger partial charge in [-0.3, -0.25) is 4.79 Å². The molecular weight excluding hydrogens is 315 g/mol. The normalized spacial score (nSPS) is 10.2. The lowest BCUT2D eigenvalue weighted by atomic mass is 10.0. The smallest absolute Gasteiger partial charge is 0.147 e. The van der Waals surface area contributed by atoms with E-state index in [1.54, 1.807) is 18.2 Å². The Balaban J connectivity index is 2.96. The molecule has 0 fully saturated rings. The van der Waals surface area contributed by atoms with Gasteiger partial charge in [-0.1, -0.05) is 44.0 Å². The van der Waals surface area contributed by atoms with Crippen molar-refractivity contribution >= 4 is 37.6 Å². The van der Waals surface area contributed by atoms with Crippen LogP contribution in [0, 0.1) is 0 Å². The van der Waals surface area contributed by atoms with Crippen LogP contribution in [-0.2, 0) is 17.9 Å². The molecule has 1 rings (SSSR count). The van der Waals surface area contributed by atoms with Gasteiger partial charge in [0.2, 0.25) is 0 Å². The van der Waals surface area contributed by atoms with E-state index in [1.807, 2.05) is 0 Å². The molecule has 0 saturated carbocycles. The molecule has 0 unspecified atom stereocenters. The fraction of sp³-hybridized carbons (Fsp3) is 0.300. The van der Waals surface area contributed by atoms with Crippen molar-refractivity contribution in [2.75, 3.05) is 5.33 Å². The van der Waals surface area contributed by atoms with Crippen LogP contribution >= 0.6 is 31.9 Å². The molecule has 4 heteroatoms. The predicted molar refractivity (Wildman–Crippen MR) is 61.5 cm³/mol. The van der Waals surface area contributed by atoms with Crippen molar-refractivity contribution in [3.8, 4) is 0 Å². The number of carbonyl (C=O) groups excluding carboxylic acids is 1. The topological polar surface area (TPSA) is 17.1 Å². The number of hydrogen-bond acceptors (Lipinski definition) is 1. The molecule has 0 aromatic heterocycles. The second-order valence-electron chi connectivity index (χ2n) is 2.86. The number of ketones is 1. The summed E-state index contributed by atoms with van der Waals surface area (Å²) in [4.78, 5) is 11.2. The summed E-state index contributed by atoms with van der Waals surface area (Å²) < 4.78 is 13.4. The molecule has 0 spiro atoms. The second kappa shape index (κ2) is 5.61. The van der Waals surface area contributed by atoms with Crippen molar-refractivity contribution in [1.29, 1.82) is 0 Å². The van der Waals surface area contributed by atoms with E-state index in [0.29, 0.717) is 10.9 Å². The molecule has 0 amide bonds. The lowest BCUT2D eigenvalue weighted by Crippen LogP contribution is -2.05. The number of halogens is 3. The molecule has 0 aliphatic rings. The van der Waals surface area contributed by atoms with Crippen LogP contribution in [0.1, 0.15) is 11.1 Å². The van der Waals surface area contributed by atoms with E-state index in [2.05, 4.69) is 31.9 Å². The van der Waals surface area contributed by atoms with Gasteiger partial charge in [0.05, 0.1) is 5.33 Å². The minimum atomic E-state index is -0.549. The zero-order valence-electron chi connectivity index (χ0n) is 7.40. The highest BCUT2D eigenvalue weighted by atomic mass is 79.9. The van der Waals surface area contributed by atoms with Gasteiger partial charge in [-0.05, 0) is 11.6 Å². The van der Waals surface area contributed by atoms with Crippen molar-refractivity contribution in [1.82, 2.24) is 0 Å². The number of benzene rings is 1. The van der Waals surface area contributed by atoms with Crippen LogP contribution in [0.4, 0.5) is 4.39 Å². The largest absolute Gasteiger partial charge is 0.298 e. The molecule has 14 heavy (non-hydrogen) atoms. The first kappa shape index (κ1) is 11.9. The molecule has 0 bridgehead atoms. The van der Waals surface area contributed by atoms with Crippen molar-refractivity contribution in [3.05, 3.63) is 33.8 Å². The molecule has 1 aromatic rings. The zero-order valence-corrected chi connectivity index (χ0v) is 10.6. The first-order valence-corrected chi connectivity index (χ1v) is 6.00. The van der Waals surface area contributed by atoms with Gasteiger partial charge in [0, 0.05) is 16.5 Å². The number of Topliss-reactive ketones (excluding diaryl/α,β-unsaturated/α-hetero) is 1. The van der Waals surface area contributed by atoms with E-state index >= 15 is 0 Å². The fourth-order valence-corrected chi connectivity index (χ4v) is 1.89. The third kappa shape index (κ3) is 2.89. The number of rotatable bonds is 4. The van der Waals surface area contributed by atoms with Gasteiger partial charge < -0.3 is 0 Å². The van der Waals surface area contributed by atoms with Crippen LogP contribution in [0.5, 0.6) is 0 Å². The number of alkyl halides is 2. The van der Waals surface area contributed by atoms with Crippen LogP contribution in [0.3, 0.4) is 0 Å². The van der Waals surface area contributed by atoms with Gasteiger partial charge in [-0.2, -0.15) is 0 Å². The summed E-state index contributed by atoms with van der Waals surface area (Å²) >= 11 is 6.34. The lowest BCUT2D eigenvalue weighted by Gasteiger charge is -2.06. The highest BCUT2D eigenvalue weighted by Gasteiger charge is 2.09. The van der Waals surface area contributed by atoms with Gasteiger partial charge in [-0.15, -0.1) is 0 Å². The van der Waals surface area contributed by atoms with Crippen LogP contribution in [0.15, 0.2) is 22.7 Å². The summed E-state index contributed by atoms with van der Waals surface area (Å²) in [6.07, 6.45) is 0.282. The van der Waals surface area contributed by atoms with Gasteiger partial charge in [0.25, 0.3) is 0 Å². The maximum absolute atomic E-state index is 12.6. The van der Waals surface area contributed by atoms with Crippen LogP contribution in [0.2, 0.25) is 0 Å². The average Bonchev–Trinajstić information content (AvgIpc) is 2.18. The van der Waals surface area contributed by atoms with Crippen molar-refractivity contribution in [2.24, 2.45) is 0 Å². The van der Waals surface area contributed by atoms with Crippen molar-refractivity contribution in [3.63, 3.8) is 0 Å². The Morgan fingerprint density at radius 3 is 2.71 bits per heavy atom. The van der Waals surface area contributed by atoms with Gasteiger partial charge in [-0.25, -0.2) is 4.39 Å². The van der Waals surface area contributed by atoms with E-state index in [0.717, 1.165) is 10.0 Å². The second-order valence-corrected chi connectivity index (χ2v) is 4.28. The molecular formula is C10H9Br2FO. The molecule has 0 atom stereocenters. The Morgan fingerprint density at radius 2 is 2.14 bits per heavy atom. The number of hydrogen-bond donors (Lipinski definition) is 0. The van der Waals surface area contributed by atoms with Crippen LogP contribution < -0.4 is 0 Å². The molecule has 0 aliphatic heterocycles. The predicted octanol–water partition coefficient (Wildman–Crippen LogP) is 3.43. The molecule has 0 radical (unpaired) electrons. The highest BCUT2D eigenvalue weighted by Crippen LogP contribution is 2.22. The van der Waals surface area contributed by atoms with Crippen LogP contribution in [0.25, 0.3) is 0 Å². The summed E-state index contributed by atoms with van der Waals surface area (Å²) in [7, 11) is 0. The molecule has 0 heterocycles. The maximum Gasteiger partial charge on any atom is 0.147 e. The molecule has 0 N–H and O–H groups in total. The first-order chi connectivity index (χ1) is 6.69. The number of carbonyl (C=O) groups is 1. The SMILES string of the molecule is O=C(CBr)Cc1cccc(Br)c1CF. The minimum Gasteiger partial charge on any atom is -0.298 e. The fourth-order valence-electron chi connectivity index (χ4n) is 1.18. The maximum atomic E-state index is 12.6.